The number of nitrogens with zero attached hydrogens (tertiary/aromatic N) is 1. The highest BCUT2D eigenvalue weighted by Gasteiger charge is 2.30. The molecule has 0 aliphatic rings. The molecule has 1 N–H and O–H groups in total. The number of hydrogen-bond acceptors (Lipinski definition) is 4. The molecule has 0 amide bonds. The van der Waals surface area contributed by atoms with Crippen molar-refractivity contribution in [1.82, 2.24) is 0 Å². The highest BCUT2D eigenvalue weighted by molar-refractivity contribution is 5.77. The second-order valence-electron chi connectivity index (χ2n) is 4.37. The number of carbonyl (C=O) groups is 1. The van der Waals surface area contributed by atoms with Crippen molar-refractivity contribution in [2.75, 3.05) is 7.11 Å². The van der Waals surface area contributed by atoms with Gasteiger partial charge < -0.3 is 9.84 Å². The van der Waals surface area contributed by atoms with E-state index in [-0.39, 0.29) is 17.9 Å². The van der Waals surface area contributed by atoms with Gasteiger partial charge in [0.2, 0.25) is 0 Å². The van der Waals surface area contributed by atoms with Gasteiger partial charge in [-0.25, -0.2) is 0 Å². The van der Waals surface area contributed by atoms with Crippen LogP contribution in [0.25, 0.3) is 0 Å². The smallest absolute Gasteiger partial charge is 0.313 e. The molecule has 1 atom stereocenters. The molecule has 0 saturated carbocycles. The number of ether oxygens (including phenoxy) is 1. The van der Waals surface area contributed by atoms with Crippen LogP contribution in [0.3, 0.4) is 0 Å². The third-order valence-corrected chi connectivity index (χ3v) is 2.95. The van der Waals surface area contributed by atoms with Crippen molar-refractivity contribution >= 4 is 11.7 Å². The molecule has 0 radical (unpaired) electrons. The molecular weight excluding hydrogens is 250 g/mol. The molecule has 0 spiro atoms. The highest BCUT2D eigenvalue weighted by Crippen LogP contribution is 2.31. The molecule has 0 aliphatic carbocycles. The maximum absolute atomic E-state index is 11.2. The average Bonchev–Trinajstić information content (AvgIpc) is 2.38. The Morgan fingerprint density at radius 2 is 2.26 bits per heavy atom. The Labute approximate surface area is 110 Å². The molecule has 1 aromatic rings. The Kier molecular flexibility index (Phi) is 4.26. The van der Waals surface area contributed by atoms with Crippen molar-refractivity contribution in [2.45, 2.75) is 13.3 Å². The summed E-state index contributed by atoms with van der Waals surface area (Å²) in [6.07, 6.45) is 1.45. The second kappa shape index (κ2) is 5.51. The van der Waals surface area contributed by atoms with Crippen LogP contribution in [0.5, 0.6) is 5.75 Å². The Bertz CT molecular complexity index is 526. The van der Waals surface area contributed by atoms with Gasteiger partial charge in [-0.15, -0.1) is 6.58 Å². The number of nitro groups is 1. The van der Waals surface area contributed by atoms with Gasteiger partial charge >= 0.3 is 11.7 Å². The van der Waals surface area contributed by atoms with Gasteiger partial charge in [-0.1, -0.05) is 12.1 Å². The number of carboxylic acid groups (broad SMARTS) is 1. The predicted molar refractivity (Wildman–Crippen MR) is 69.3 cm³/mol. The monoisotopic (exact) mass is 265 g/mol. The lowest BCUT2D eigenvalue weighted by molar-refractivity contribution is -0.385. The molecular formula is C13H15NO5. The highest BCUT2D eigenvalue weighted by atomic mass is 16.6. The molecule has 1 aromatic carbocycles. The SMILES string of the molecule is C=CC(C)(Cc1ccc(OC)c([N+](=O)[O-])c1)C(=O)O. The van der Waals surface area contributed by atoms with Crippen molar-refractivity contribution in [1.29, 1.82) is 0 Å². The molecule has 0 aromatic heterocycles. The zero-order valence-corrected chi connectivity index (χ0v) is 10.8. The first kappa shape index (κ1) is 14.7. The van der Waals surface area contributed by atoms with Gasteiger partial charge in [-0.3, -0.25) is 14.9 Å². The fraction of sp³-hybridized carbons (Fsp3) is 0.308. The van der Waals surface area contributed by atoms with Crippen molar-refractivity contribution < 1.29 is 19.6 Å². The summed E-state index contributed by atoms with van der Waals surface area (Å²) >= 11 is 0. The van der Waals surface area contributed by atoms with Gasteiger partial charge in [-0.2, -0.15) is 0 Å². The predicted octanol–water partition coefficient (Wildman–Crippen LogP) is 2.42. The normalized spacial score (nSPS) is 13.4. The number of carboxylic acids is 1. The number of methoxy groups -OCH3 is 1. The number of benzene rings is 1. The molecule has 0 aliphatic heterocycles. The topological polar surface area (TPSA) is 89.7 Å². The van der Waals surface area contributed by atoms with Crippen LogP contribution in [-0.2, 0) is 11.2 Å². The quantitative estimate of drug-likeness (QED) is 0.484. The summed E-state index contributed by atoms with van der Waals surface area (Å²) in [4.78, 5) is 21.5. The van der Waals surface area contributed by atoms with Crippen LogP contribution in [0.1, 0.15) is 12.5 Å². The fourth-order valence-electron chi connectivity index (χ4n) is 1.65. The molecule has 0 fully saturated rings. The number of aliphatic carboxylic acids is 1. The second-order valence-corrected chi connectivity index (χ2v) is 4.37. The van der Waals surface area contributed by atoms with Gasteiger partial charge in [-0.05, 0) is 25.0 Å². The molecule has 102 valence electrons. The largest absolute Gasteiger partial charge is 0.490 e. The molecule has 1 rings (SSSR count). The van der Waals surface area contributed by atoms with E-state index < -0.39 is 16.3 Å². The van der Waals surface area contributed by atoms with Crippen LogP contribution >= 0.6 is 0 Å². The summed E-state index contributed by atoms with van der Waals surface area (Å²) in [7, 11) is 1.34. The summed E-state index contributed by atoms with van der Waals surface area (Å²) in [6, 6.07) is 4.39. The first-order valence-electron chi connectivity index (χ1n) is 5.52. The Balaban J connectivity index is 3.16. The van der Waals surface area contributed by atoms with E-state index in [1.807, 2.05) is 0 Å². The van der Waals surface area contributed by atoms with Gasteiger partial charge in [0, 0.05) is 6.07 Å². The first-order valence-corrected chi connectivity index (χ1v) is 5.52. The standard InChI is InChI=1S/C13H15NO5/c1-4-13(2,12(15)16)8-9-5-6-11(19-3)10(7-9)14(17)18/h4-7H,1,8H2,2-3H3,(H,15,16). The molecule has 0 bridgehead atoms. The molecule has 0 heterocycles. The van der Waals surface area contributed by atoms with E-state index in [0.717, 1.165) is 0 Å². The van der Waals surface area contributed by atoms with E-state index in [0.29, 0.717) is 5.56 Å². The third-order valence-electron chi connectivity index (χ3n) is 2.95. The summed E-state index contributed by atoms with van der Waals surface area (Å²) in [5.41, 5.74) is -0.809. The molecule has 6 nitrogen and oxygen atoms in total. The van der Waals surface area contributed by atoms with Crippen molar-refractivity contribution in [3.05, 3.63) is 46.5 Å². The van der Waals surface area contributed by atoms with Gasteiger partial charge in [0.05, 0.1) is 17.4 Å². The summed E-state index contributed by atoms with van der Waals surface area (Å²) < 4.78 is 4.89. The zero-order valence-electron chi connectivity index (χ0n) is 10.8. The maximum atomic E-state index is 11.2. The van der Waals surface area contributed by atoms with Gasteiger partial charge in [0.25, 0.3) is 0 Å². The first-order chi connectivity index (χ1) is 8.84. The third kappa shape index (κ3) is 3.09. The van der Waals surface area contributed by atoms with Crippen LogP contribution in [0.4, 0.5) is 5.69 Å². The minimum atomic E-state index is -1.16. The lowest BCUT2D eigenvalue weighted by Gasteiger charge is -2.20. The zero-order chi connectivity index (χ0) is 14.6. The van der Waals surface area contributed by atoms with Crippen LogP contribution < -0.4 is 4.74 Å². The van der Waals surface area contributed by atoms with E-state index in [9.17, 15) is 14.9 Å². The Hall–Kier alpha value is -2.37. The summed E-state index contributed by atoms with van der Waals surface area (Å²) in [5, 5.41) is 20.0. The molecule has 1 unspecified atom stereocenters. The van der Waals surface area contributed by atoms with Crippen LogP contribution in [0.15, 0.2) is 30.9 Å². The summed E-state index contributed by atoms with van der Waals surface area (Å²) in [5.74, 6) is -0.884. The average molecular weight is 265 g/mol. The van der Waals surface area contributed by atoms with Crippen molar-refractivity contribution in [2.24, 2.45) is 5.41 Å². The van der Waals surface area contributed by atoms with E-state index in [2.05, 4.69) is 6.58 Å². The molecule has 0 saturated heterocycles. The molecule has 6 heteroatoms. The van der Waals surface area contributed by atoms with E-state index in [1.54, 1.807) is 6.07 Å². The van der Waals surface area contributed by atoms with Crippen molar-refractivity contribution in [3.8, 4) is 5.75 Å². The molecule has 19 heavy (non-hydrogen) atoms. The van der Waals surface area contributed by atoms with Crippen molar-refractivity contribution in [3.63, 3.8) is 0 Å². The number of nitro benzene ring substituents is 1. The van der Waals surface area contributed by atoms with E-state index in [4.69, 9.17) is 9.84 Å². The van der Waals surface area contributed by atoms with Gasteiger partial charge in [0.15, 0.2) is 5.75 Å². The fourth-order valence-corrected chi connectivity index (χ4v) is 1.65. The van der Waals surface area contributed by atoms with Gasteiger partial charge in [0.1, 0.15) is 0 Å². The van der Waals surface area contributed by atoms with Crippen LogP contribution in [0.2, 0.25) is 0 Å². The summed E-state index contributed by atoms with van der Waals surface area (Å²) in [6.45, 7) is 5.01. The number of hydrogen-bond donors (Lipinski definition) is 1. The Morgan fingerprint density at radius 1 is 1.63 bits per heavy atom. The number of rotatable bonds is 6. The van der Waals surface area contributed by atoms with Crippen LogP contribution in [0, 0.1) is 15.5 Å². The minimum absolute atomic E-state index is 0.122. The lowest BCUT2D eigenvalue weighted by atomic mass is 9.84. The van der Waals surface area contributed by atoms with E-state index >= 15 is 0 Å². The lowest BCUT2D eigenvalue weighted by Crippen LogP contribution is -2.27. The minimum Gasteiger partial charge on any atom is -0.490 e. The van der Waals surface area contributed by atoms with E-state index in [1.165, 1.54) is 32.2 Å². The Morgan fingerprint density at radius 3 is 2.68 bits per heavy atom. The van der Waals surface area contributed by atoms with Crippen LogP contribution in [-0.4, -0.2) is 23.1 Å². The maximum Gasteiger partial charge on any atom is 0.313 e.